The second-order valence-electron chi connectivity index (χ2n) is 6.62. The van der Waals surface area contributed by atoms with Gasteiger partial charge in [-0.1, -0.05) is 18.0 Å². The number of nitrogens with zero attached hydrogens (tertiary/aromatic N) is 2. The quantitative estimate of drug-likeness (QED) is 0.627. The molecule has 1 heterocycles. The Bertz CT molecular complexity index is 740. The first-order chi connectivity index (χ1) is 11.8. The van der Waals surface area contributed by atoms with Crippen molar-refractivity contribution in [3.05, 3.63) is 38.9 Å². The van der Waals surface area contributed by atoms with Crippen molar-refractivity contribution >= 4 is 29.3 Å². The summed E-state index contributed by atoms with van der Waals surface area (Å²) in [6, 6.07) is 3.66. The number of aliphatic carboxylic acids is 1. The van der Waals surface area contributed by atoms with Gasteiger partial charge in [0.25, 0.3) is 5.69 Å². The Morgan fingerprint density at radius 1 is 1.48 bits per heavy atom. The Morgan fingerprint density at radius 3 is 2.88 bits per heavy atom. The van der Waals surface area contributed by atoms with Crippen LogP contribution in [-0.4, -0.2) is 40.0 Å². The predicted molar refractivity (Wildman–Crippen MR) is 89.3 cm³/mol. The molecular formula is C16H18ClN3O5. The fourth-order valence-corrected chi connectivity index (χ4v) is 4.07. The first-order valence-corrected chi connectivity index (χ1v) is 8.40. The van der Waals surface area contributed by atoms with Gasteiger partial charge in [0, 0.05) is 36.8 Å². The first kappa shape index (κ1) is 17.5. The number of nitro groups is 1. The summed E-state index contributed by atoms with van der Waals surface area (Å²) in [5, 5.41) is 23.4. The molecule has 2 atom stereocenters. The molecule has 1 saturated heterocycles. The molecule has 1 saturated carbocycles. The van der Waals surface area contributed by atoms with E-state index in [0.29, 0.717) is 23.6 Å². The van der Waals surface area contributed by atoms with Gasteiger partial charge in [-0.05, 0) is 30.4 Å². The maximum atomic E-state index is 12.4. The number of urea groups is 1. The van der Waals surface area contributed by atoms with Gasteiger partial charge in [0.15, 0.2) is 0 Å². The Kier molecular flexibility index (Phi) is 4.55. The molecule has 0 radical (unpaired) electrons. The molecule has 1 aliphatic heterocycles. The molecule has 1 aromatic carbocycles. The van der Waals surface area contributed by atoms with Gasteiger partial charge >= 0.3 is 12.0 Å². The number of carboxylic acids is 1. The molecule has 0 spiro atoms. The smallest absolute Gasteiger partial charge is 0.317 e. The summed E-state index contributed by atoms with van der Waals surface area (Å²) >= 11 is 6.02. The third kappa shape index (κ3) is 3.13. The average Bonchev–Trinajstić information content (AvgIpc) is 3.11. The monoisotopic (exact) mass is 367 g/mol. The van der Waals surface area contributed by atoms with Gasteiger partial charge in [-0.15, -0.1) is 0 Å². The van der Waals surface area contributed by atoms with Crippen molar-refractivity contribution in [3.63, 3.8) is 0 Å². The van der Waals surface area contributed by atoms with Crippen LogP contribution in [0, 0.1) is 21.4 Å². The minimum atomic E-state index is -0.841. The molecule has 8 nitrogen and oxygen atoms in total. The van der Waals surface area contributed by atoms with E-state index in [4.69, 9.17) is 11.6 Å². The summed E-state index contributed by atoms with van der Waals surface area (Å²) < 4.78 is 0. The second-order valence-corrected chi connectivity index (χ2v) is 7.03. The van der Waals surface area contributed by atoms with E-state index in [2.05, 4.69) is 5.32 Å². The number of halogens is 1. The highest BCUT2D eigenvalue weighted by molar-refractivity contribution is 6.31. The van der Waals surface area contributed by atoms with Crippen molar-refractivity contribution in [1.29, 1.82) is 0 Å². The van der Waals surface area contributed by atoms with Crippen LogP contribution in [0.2, 0.25) is 5.02 Å². The highest BCUT2D eigenvalue weighted by atomic mass is 35.5. The van der Waals surface area contributed by atoms with Crippen LogP contribution in [0.5, 0.6) is 0 Å². The summed E-state index contributed by atoms with van der Waals surface area (Å²) in [6.45, 7) is 0.656. The molecule has 0 bridgehead atoms. The average molecular weight is 368 g/mol. The number of amides is 2. The number of nitrogens with one attached hydrogen (secondary N) is 1. The Labute approximate surface area is 148 Å². The number of fused-ring (bicyclic) bond motifs is 1. The Morgan fingerprint density at radius 2 is 2.24 bits per heavy atom. The third-order valence-electron chi connectivity index (χ3n) is 5.25. The Balaban J connectivity index is 1.65. The number of non-ortho nitro benzene ring substituents is 1. The predicted octanol–water partition coefficient (Wildman–Crippen LogP) is 2.64. The number of hydrogen-bond acceptors (Lipinski definition) is 4. The van der Waals surface area contributed by atoms with E-state index >= 15 is 0 Å². The van der Waals surface area contributed by atoms with Crippen molar-refractivity contribution in [1.82, 2.24) is 10.2 Å². The molecule has 2 N–H and O–H groups in total. The fraction of sp³-hybridized carbons (Fsp3) is 0.500. The van der Waals surface area contributed by atoms with Crippen LogP contribution in [0.25, 0.3) is 0 Å². The SMILES string of the molecule is O=C(NCc1cc([N+](=O)[O-])ccc1Cl)N1C[C@@H]2CCC[C@@]2(C(=O)O)C1. The summed E-state index contributed by atoms with van der Waals surface area (Å²) in [4.78, 5) is 35.9. The number of hydrogen-bond donors (Lipinski definition) is 2. The molecule has 1 aliphatic carbocycles. The molecule has 2 fully saturated rings. The van der Waals surface area contributed by atoms with Crippen LogP contribution in [0.3, 0.4) is 0 Å². The number of likely N-dealkylation sites (tertiary alicyclic amines) is 1. The van der Waals surface area contributed by atoms with E-state index < -0.39 is 16.3 Å². The largest absolute Gasteiger partial charge is 0.481 e. The summed E-state index contributed by atoms with van der Waals surface area (Å²) in [5.74, 6) is -0.857. The van der Waals surface area contributed by atoms with Gasteiger partial charge in [-0.25, -0.2) is 4.79 Å². The summed E-state index contributed by atoms with van der Waals surface area (Å²) in [6.07, 6.45) is 2.27. The molecule has 1 aromatic rings. The van der Waals surface area contributed by atoms with Crippen molar-refractivity contribution in [3.8, 4) is 0 Å². The van der Waals surface area contributed by atoms with Crippen molar-refractivity contribution < 1.29 is 19.6 Å². The molecule has 0 aromatic heterocycles. The van der Waals surface area contributed by atoms with Gasteiger partial charge in [-0.3, -0.25) is 14.9 Å². The highest BCUT2D eigenvalue weighted by Gasteiger charge is 2.55. The van der Waals surface area contributed by atoms with Gasteiger partial charge < -0.3 is 15.3 Å². The molecule has 3 rings (SSSR count). The van der Waals surface area contributed by atoms with E-state index in [9.17, 15) is 24.8 Å². The standard InChI is InChI=1S/C16H18ClN3O5/c17-13-4-3-12(20(24)25)6-10(13)7-18-15(23)19-8-11-2-1-5-16(11,9-19)14(21)22/h3-4,6,11H,1-2,5,7-9H2,(H,18,23)(H,21,22)/t11-,16+/m0/s1. The summed E-state index contributed by atoms with van der Waals surface area (Å²) in [5.41, 5.74) is -0.494. The lowest BCUT2D eigenvalue weighted by atomic mass is 9.81. The van der Waals surface area contributed by atoms with Gasteiger partial charge in [0.2, 0.25) is 0 Å². The minimum Gasteiger partial charge on any atom is -0.481 e. The third-order valence-corrected chi connectivity index (χ3v) is 5.62. The van der Waals surface area contributed by atoms with E-state index in [1.807, 2.05) is 0 Å². The number of carboxylic acid groups (broad SMARTS) is 1. The van der Waals surface area contributed by atoms with E-state index in [1.165, 1.54) is 23.1 Å². The Hall–Kier alpha value is -2.35. The molecule has 0 unspecified atom stereocenters. The van der Waals surface area contributed by atoms with Gasteiger partial charge in [0.05, 0.1) is 10.3 Å². The van der Waals surface area contributed by atoms with Crippen LogP contribution < -0.4 is 5.32 Å². The van der Waals surface area contributed by atoms with Crippen LogP contribution >= 0.6 is 11.6 Å². The van der Waals surface area contributed by atoms with Crippen molar-refractivity contribution in [2.75, 3.05) is 13.1 Å². The van der Waals surface area contributed by atoms with Crippen LogP contribution in [0.4, 0.5) is 10.5 Å². The van der Waals surface area contributed by atoms with E-state index in [0.717, 1.165) is 12.8 Å². The van der Waals surface area contributed by atoms with E-state index in [-0.39, 0.29) is 30.7 Å². The lowest BCUT2D eigenvalue weighted by Gasteiger charge is -2.23. The number of carbonyl (C=O) groups is 2. The molecule has 25 heavy (non-hydrogen) atoms. The minimum absolute atomic E-state index is 0.0165. The second kappa shape index (κ2) is 6.51. The van der Waals surface area contributed by atoms with Crippen LogP contribution in [0.15, 0.2) is 18.2 Å². The molecule has 2 amide bonds. The zero-order valence-electron chi connectivity index (χ0n) is 13.4. The maximum Gasteiger partial charge on any atom is 0.317 e. The molecule has 2 aliphatic rings. The lowest BCUT2D eigenvalue weighted by Crippen LogP contribution is -2.41. The number of carbonyl (C=O) groups excluding carboxylic acids is 1. The summed E-state index contributed by atoms with van der Waals surface area (Å²) in [7, 11) is 0. The van der Waals surface area contributed by atoms with E-state index in [1.54, 1.807) is 0 Å². The van der Waals surface area contributed by atoms with Gasteiger partial charge in [-0.2, -0.15) is 0 Å². The zero-order valence-corrected chi connectivity index (χ0v) is 14.2. The van der Waals surface area contributed by atoms with Gasteiger partial charge in [0.1, 0.15) is 0 Å². The molecular weight excluding hydrogens is 350 g/mol. The molecule has 9 heteroatoms. The number of benzene rings is 1. The number of nitro benzene ring substituents is 1. The highest BCUT2D eigenvalue weighted by Crippen LogP contribution is 2.48. The topological polar surface area (TPSA) is 113 Å². The van der Waals surface area contributed by atoms with Crippen molar-refractivity contribution in [2.24, 2.45) is 11.3 Å². The fourth-order valence-electron chi connectivity index (χ4n) is 3.89. The van der Waals surface area contributed by atoms with Crippen molar-refractivity contribution in [2.45, 2.75) is 25.8 Å². The normalized spacial score (nSPS) is 24.8. The molecule has 134 valence electrons. The lowest BCUT2D eigenvalue weighted by molar-refractivity contribution is -0.384. The van der Waals surface area contributed by atoms with Crippen LogP contribution in [0.1, 0.15) is 24.8 Å². The van der Waals surface area contributed by atoms with Crippen LogP contribution in [-0.2, 0) is 11.3 Å². The maximum absolute atomic E-state index is 12.4. The first-order valence-electron chi connectivity index (χ1n) is 8.02. The number of rotatable bonds is 4. The zero-order chi connectivity index (χ0) is 18.2.